The second-order valence-corrected chi connectivity index (χ2v) is 8.54. The Hall–Kier alpha value is -2.55. The summed E-state index contributed by atoms with van der Waals surface area (Å²) in [4.78, 5) is 44.7. The number of thiophene rings is 1. The van der Waals surface area contributed by atoms with E-state index in [1.54, 1.807) is 0 Å². The van der Waals surface area contributed by atoms with Crippen molar-refractivity contribution >= 4 is 29.2 Å². The minimum Gasteiger partial charge on any atom is -0.297 e. The van der Waals surface area contributed by atoms with Gasteiger partial charge in [-0.3, -0.25) is 24.3 Å². The maximum absolute atomic E-state index is 12.6. The molecule has 152 valence electrons. The molecule has 2 fully saturated rings. The number of hydrogen-bond acceptors (Lipinski definition) is 6. The number of aryl methyl sites for hydroxylation is 1. The van der Waals surface area contributed by atoms with Gasteiger partial charge in [0.05, 0.1) is 13.2 Å². The van der Waals surface area contributed by atoms with E-state index in [-0.39, 0.29) is 13.2 Å². The van der Waals surface area contributed by atoms with Crippen LogP contribution in [0.1, 0.15) is 16.0 Å². The number of rotatable bonds is 6. The largest absolute Gasteiger partial charge is 0.335 e. The summed E-state index contributed by atoms with van der Waals surface area (Å²) in [6.07, 6.45) is 0. The fourth-order valence-electron chi connectivity index (χ4n) is 3.73. The smallest absolute Gasteiger partial charge is 0.297 e. The minimum atomic E-state index is -0.735. The lowest BCUT2D eigenvalue weighted by Gasteiger charge is -2.35. The Kier molecular flexibility index (Phi) is 5.75. The first-order valence-corrected chi connectivity index (χ1v) is 10.6. The highest BCUT2D eigenvalue weighted by atomic mass is 32.1. The Morgan fingerprint density at radius 3 is 2.28 bits per heavy atom. The molecular weight excluding hydrogens is 388 g/mol. The van der Waals surface area contributed by atoms with Crippen LogP contribution < -0.4 is 0 Å². The highest BCUT2D eigenvalue weighted by Crippen LogP contribution is 2.19. The topological polar surface area (TPSA) is 64.2 Å². The molecule has 0 radical (unpaired) electrons. The van der Waals surface area contributed by atoms with Crippen LogP contribution >= 0.6 is 11.3 Å². The normalized spacial score (nSPS) is 18.9. The number of amides is 4. The fourth-order valence-corrected chi connectivity index (χ4v) is 4.42. The summed E-state index contributed by atoms with van der Waals surface area (Å²) in [5.74, 6) is -1.46. The molecule has 1 aromatic heterocycles. The lowest BCUT2D eigenvalue weighted by Crippen LogP contribution is -2.51. The standard InChI is InChI=1S/C21H24N4O3S/c1-16-4-2-5-17(12-16)13-22-7-9-23(10-8-22)15-25-20(27)19(26)24(21(25)28)14-18-6-3-11-29-18/h2-6,11-12H,7-10,13-15H2,1H3. The molecule has 0 atom stereocenters. The fraction of sp³-hybridized carbons (Fsp3) is 0.381. The van der Waals surface area contributed by atoms with Gasteiger partial charge in [-0.05, 0) is 23.9 Å². The van der Waals surface area contributed by atoms with Crippen molar-refractivity contribution in [2.75, 3.05) is 32.8 Å². The number of urea groups is 1. The van der Waals surface area contributed by atoms with Gasteiger partial charge in [-0.1, -0.05) is 35.9 Å². The van der Waals surface area contributed by atoms with Gasteiger partial charge in [-0.25, -0.2) is 9.69 Å². The molecule has 4 amide bonds. The molecule has 8 heteroatoms. The van der Waals surface area contributed by atoms with E-state index in [9.17, 15) is 14.4 Å². The molecule has 0 N–H and O–H groups in total. The lowest BCUT2D eigenvalue weighted by atomic mass is 10.1. The first-order chi connectivity index (χ1) is 14.0. The molecular formula is C21H24N4O3S. The maximum atomic E-state index is 12.6. The van der Waals surface area contributed by atoms with Crippen molar-refractivity contribution < 1.29 is 14.4 Å². The Morgan fingerprint density at radius 2 is 1.59 bits per heavy atom. The second-order valence-electron chi connectivity index (χ2n) is 7.51. The summed E-state index contributed by atoms with van der Waals surface area (Å²) < 4.78 is 0. The zero-order valence-electron chi connectivity index (χ0n) is 16.4. The first-order valence-electron chi connectivity index (χ1n) is 9.71. The molecule has 0 bridgehead atoms. The monoisotopic (exact) mass is 412 g/mol. The molecule has 2 saturated heterocycles. The molecule has 3 heterocycles. The summed E-state index contributed by atoms with van der Waals surface area (Å²) in [6, 6.07) is 11.7. The van der Waals surface area contributed by atoms with Crippen molar-refractivity contribution in [3.05, 3.63) is 57.8 Å². The van der Waals surface area contributed by atoms with Crippen LogP contribution in [0.5, 0.6) is 0 Å². The van der Waals surface area contributed by atoms with Crippen molar-refractivity contribution in [1.29, 1.82) is 0 Å². The van der Waals surface area contributed by atoms with Crippen LogP contribution in [0.3, 0.4) is 0 Å². The van der Waals surface area contributed by atoms with E-state index in [1.165, 1.54) is 22.5 Å². The zero-order valence-corrected chi connectivity index (χ0v) is 17.2. The average molecular weight is 413 g/mol. The summed E-state index contributed by atoms with van der Waals surface area (Å²) in [7, 11) is 0. The van der Waals surface area contributed by atoms with Crippen LogP contribution in [0.25, 0.3) is 0 Å². The van der Waals surface area contributed by atoms with Crippen LogP contribution in [0, 0.1) is 6.92 Å². The number of carbonyl (C=O) groups is 3. The summed E-state index contributed by atoms with van der Waals surface area (Å²) in [5.41, 5.74) is 2.54. The van der Waals surface area contributed by atoms with Crippen molar-refractivity contribution in [3.63, 3.8) is 0 Å². The van der Waals surface area contributed by atoms with Crippen LogP contribution in [0.4, 0.5) is 4.79 Å². The van der Waals surface area contributed by atoms with E-state index >= 15 is 0 Å². The second kappa shape index (κ2) is 8.44. The van der Waals surface area contributed by atoms with Gasteiger partial charge in [0.15, 0.2) is 0 Å². The van der Waals surface area contributed by atoms with Gasteiger partial charge in [-0.15, -0.1) is 11.3 Å². The number of hydrogen-bond donors (Lipinski definition) is 0. The van der Waals surface area contributed by atoms with Crippen LogP contribution in [-0.2, 0) is 22.7 Å². The Balaban J connectivity index is 1.31. The van der Waals surface area contributed by atoms with E-state index in [1.807, 2.05) is 17.5 Å². The minimum absolute atomic E-state index is 0.155. The van der Waals surface area contributed by atoms with Gasteiger partial charge in [0, 0.05) is 37.6 Å². The quantitative estimate of drug-likeness (QED) is 0.537. The van der Waals surface area contributed by atoms with E-state index in [0.29, 0.717) is 0 Å². The van der Waals surface area contributed by atoms with Gasteiger partial charge < -0.3 is 0 Å². The average Bonchev–Trinajstić information content (AvgIpc) is 3.29. The number of carbonyl (C=O) groups excluding carboxylic acids is 3. The van der Waals surface area contributed by atoms with Gasteiger partial charge >= 0.3 is 17.8 Å². The summed E-state index contributed by atoms with van der Waals surface area (Å²) >= 11 is 1.46. The molecule has 2 aliphatic heterocycles. The Labute approximate surface area is 174 Å². The third-order valence-corrected chi connectivity index (χ3v) is 6.19. The van der Waals surface area contributed by atoms with E-state index in [0.717, 1.165) is 47.4 Å². The predicted molar refractivity (Wildman–Crippen MR) is 110 cm³/mol. The van der Waals surface area contributed by atoms with Crippen molar-refractivity contribution in [2.45, 2.75) is 20.0 Å². The molecule has 4 rings (SSSR count). The van der Waals surface area contributed by atoms with Crippen LogP contribution in [-0.4, -0.2) is 70.3 Å². The molecule has 0 unspecified atom stereocenters. The Bertz CT molecular complexity index is 906. The number of piperazine rings is 1. The van der Waals surface area contributed by atoms with E-state index in [2.05, 4.69) is 41.0 Å². The van der Waals surface area contributed by atoms with Gasteiger partial charge in [0.25, 0.3) is 0 Å². The van der Waals surface area contributed by atoms with Crippen molar-refractivity contribution in [1.82, 2.24) is 19.6 Å². The molecule has 0 aliphatic carbocycles. The lowest BCUT2D eigenvalue weighted by molar-refractivity contribution is -0.144. The summed E-state index contributed by atoms with van der Waals surface area (Å²) in [5, 5.41) is 1.89. The molecule has 1 aromatic carbocycles. The number of nitrogens with zero attached hydrogens (tertiary/aromatic N) is 4. The van der Waals surface area contributed by atoms with Crippen molar-refractivity contribution in [3.8, 4) is 0 Å². The maximum Gasteiger partial charge on any atom is 0.335 e. The number of benzene rings is 1. The third-order valence-electron chi connectivity index (χ3n) is 5.32. The number of imide groups is 2. The van der Waals surface area contributed by atoms with E-state index in [4.69, 9.17) is 0 Å². The first kappa shape index (κ1) is 19.8. The van der Waals surface area contributed by atoms with Gasteiger partial charge in [0.2, 0.25) is 0 Å². The molecule has 2 aliphatic rings. The molecule has 7 nitrogen and oxygen atoms in total. The molecule has 0 saturated carbocycles. The van der Waals surface area contributed by atoms with Gasteiger partial charge in [0.1, 0.15) is 0 Å². The highest BCUT2D eigenvalue weighted by molar-refractivity contribution is 7.09. The zero-order chi connectivity index (χ0) is 20.4. The van der Waals surface area contributed by atoms with Gasteiger partial charge in [-0.2, -0.15) is 0 Å². The van der Waals surface area contributed by atoms with Crippen LogP contribution in [0.15, 0.2) is 41.8 Å². The van der Waals surface area contributed by atoms with Crippen LogP contribution in [0.2, 0.25) is 0 Å². The van der Waals surface area contributed by atoms with E-state index < -0.39 is 17.8 Å². The molecule has 2 aromatic rings. The third kappa shape index (κ3) is 4.39. The molecule has 29 heavy (non-hydrogen) atoms. The molecule has 0 spiro atoms. The predicted octanol–water partition coefficient (Wildman–Crippen LogP) is 2.12. The highest BCUT2D eigenvalue weighted by Gasteiger charge is 2.45. The van der Waals surface area contributed by atoms with Crippen molar-refractivity contribution in [2.24, 2.45) is 0 Å². The SMILES string of the molecule is Cc1cccc(CN2CCN(CN3C(=O)C(=O)N(Cc4cccs4)C3=O)CC2)c1. The summed E-state index contributed by atoms with van der Waals surface area (Å²) in [6.45, 7) is 6.53. The Morgan fingerprint density at radius 1 is 0.862 bits per heavy atom.